The zero-order valence-corrected chi connectivity index (χ0v) is 26.1. The van der Waals surface area contributed by atoms with Crippen LogP contribution in [0, 0.1) is 13.8 Å². The van der Waals surface area contributed by atoms with E-state index >= 15 is 0 Å². The van der Waals surface area contributed by atoms with Crippen LogP contribution in [-0.4, -0.2) is 50.3 Å². The number of carbonyl (C=O) groups is 4. The first-order valence-electron chi connectivity index (χ1n) is 14.8. The van der Waals surface area contributed by atoms with Crippen LogP contribution >= 0.6 is 0 Å². The number of rotatable bonds is 18. The Labute approximate surface area is 268 Å². The standard InChI is InChI=1S/C36H38O10/c1-5-32(37)43-21-9-7-19-41-29-15-11-27(12-16-29)35(39)45-31-23-25(3)34(26(4)24-31)46-36(40)28-13-17-30(18-14-28)42-20-8-10-22-44-33(38)6-2/h5-6,11-18,23-24H,1-2,7-10,19-22H2,3-4H3. The molecule has 0 radical (unpaired) electrons. The van der Waals surface area contributed by atoms with E-state index in [9.17, 15) is 19.2 Å². The molecule has 0 aliphatic rings. The minimum Gasteiger partial charge on any atom is -0.494 e. The molecular weight excluding hydrogens is 592 g/mol. The zero-order chi connectivity index (χ0) is 33.3. The van der Waals surface area contributed by atoms with Gasteiger partial charge in [-0.2, -0.15) is 0 Å². The number of carbonyl (C=O) groups excluding carboxylic acids is 4. The van der Waals surface area contributed by atoms with Gasteiger partial charge in [0.05, 0.1) is 37.6 Å². The van der Waals surface area contributed by atoms with Crippen LogP contribution in [0.15, 0.2) is 86.0 Å². The van der Waals surface area contributed by atoms with Gasteiger partial charge in [0, 0.05) is 12.2 Å². The van der Waals surface area contributed by atoms with Crippen LogP contribution in [-0.2, 0) is 19.1 Å². The summed E-state index contributed by atoms with van der Waals surface area (Å²) in [7, 11) is 0. The van der Waals surface area contributed by atoms with Gasteiger partial charge in [0.2, 0.25) is 0 Å². The molecule has 0 heterocycles. The number of aryl methyl sites for hydroxylation is 2. The Morgan fingerprint density at radius 2 is 0.957 bits per heavy atom. The van der Waals surface area contributed by atoms with Crippen molar-refractivity contribution in [3.8, 4) is 23.0 Å². The Morgan fingerprint density at radius 1 is 0.565 bits per heavy atom. The number of ether oxygens (including phenoxy) is 6. The second kappa shape index (κ2) is 18.4. The van der Waals surface area contributed by atoms with Crippen LogP contribution in [0.1, 0.15) is 57.5 Å². The molecule has 46 heavy (non-hydrogen) atoms. The summed E-state index contributed by atoms with van der Waals surface area (Å²) in [6.45, 7) is 11.7. The van der Waals surface area contributed by atoms with E-state index in [0.29, 0.717) is 97.4 Å². The third-order valence-corrected chi connectivity index (χ3v) is 6.46. The van der Waals surface area contributed by atoms with E-state index in [1.165, 1.54) is 0 Å². The second-order valence-corrected chi connectivity index (χ2v) is 10.1. The lowest BCUT2D eigenvalue weighted by atomic mass is 10.1. The highest BCUT2D eigenvalue weighted by atomic mass is 16.5. The molecule has 0 saturated heterocycles. The molecule has 242 valence electrons. The van der Waals surface area contributed by atoms with E-state index in [1.54, 1.807) is 74.5 Å². The fourth-order valence-corrected chi connectivity index (χ4v) is 4.07. The number of unbranched alkanes of at least 4 members (excludes halogenated alkanes) is 2. The maximum atomic E-state index is 12.8. The maximum Gasteiger partial charge on any atom is 0.343 e. The Bertz CT molecular complexity index is 1480. The first-order chi connectivity index (χ1) is 22.2. The van der Waals surface area contributed by atoms with Gasteiger partial charge in [-0.3, -0.25) is 0 Å². The van der Waals surface area contributed by atoms with Gasteiger partial charge >= 0.3 is 23.9 Å². The van der Waals surface area contributed by atoms with Crippen molar-refractivity contribution in [1.82, 2.24) is 0 Å². The van der Waals surface area contributed by atoms with Crippen molar-refractivity contribution in [3.63, 3.8) is 0 Å². The second-order valence-electron chi connectivity index (χ2n) is 10.1. The molecule has 0 aliphatic heterocycles. The monoisotopic (exact) mass is 630 g/mol. The number of hydrogen-bond donors (Lipinski definition) is 0. The predicted octanol–water partition coefficient (Wildman–Crippen LogP) is 6.52. The highest BCUT2D eigenvalue weighted by Gasteiger charge is 2.16. The summed E-state index contributed by atoms with van der Waals surface area (Å²) in [6.07, 6.45) is 4.95. The average Bonchev–Trinajstić information content (AvgIpc) is 3.06. The summed E-state index contributed by atoms with van der Waals surface area (Å²) in [5, 5.41) is 0. The van der Waals surface area contributed by atoms with Crippen molar-refractivity contribution >= 4 is 23.9 Å². The average molecular weight is 631 g/mol. The Balaban J connectivity index is 1.46. The molecular formula is C36H38O10. The molecule has 0 N–H and O–H groups in total. The third kappa shape index (κ3) is 11.6. The number of hydrogen-bond acceptors (Lipinski definition) is 10. The van der Waals surface area contributed by atoms with Crippen LogP contribution in [0.2, 0.25) is 0 Å². The van der Waals surface area contributed by atoms with Gasteiger partial charge in [-0.25, -0.2) is 19.2 Å². The maximum absolute atomic E-state index is 12.8. The molecule has 10 heteroatoms. The van der Waals surface area contributed by atoms with Crippen LogP contribution in [0.4, 0.5) is 0 Å². The molecule has 0 amide bonds. The van der Waals surface area contributed by atoms with Crippen LogP contribution in [0.5, 0.6) is 23.0 Å². The molecule has 0 aromatic heterocycles. The Morgan fingerprint density at radius 3 is 1.37 bits per heavy atom. The Hall–Kier alpha value is -5.38. The van der Waals surface area contributed by atoms with E-state index in [4.69, 9.17) is 28.4 Å². The molecule has 0 fully saturated rings. The van der Waals surface area contributed by atoms with Crippen LogP contribution < -0.4 is 18.9 Å². The molecule has 3 aromatic carbocycles. The minimum atomic E-state index is -0.544. The summed E-state index contributed by atoms with van der Waals surface area (Å²) in [4.78, 5) is 47.7. The number of benzene rings is 3. The first-order valence-corrected chi connectivity index (χ1v) is 14.8. The van der Waals surface area contributed by atoms with Gasteiger partial charge in [0.1, 0.15) is 23.0 Å². The smallest absolute Gasteiger partial charge is 0.343 e. The van der Waals surface area contributed by atoms with Gasteiger partial charge in [-0.15, -0.1) is 0 Å². The van der Waals surface area contributed by atoms with Crippen molar-refractivity contribution in [3.05, 3.63) is 108 Å². The van der Waals surface area contributed by atoms with Gasteiger partial charge in [0.25, 0.3) is 0 Å². The molecule has 3 rings (SSSR count). The summed E-state index contributed by atoms with van der Waals surface area (Å²) in [5.41, 5.74) is 1.94. The largest absolute Gasteiger partial charge is 0.494 e. The van der Waals surface area contributed by atoms with Crippen molar-refractivity contribution in [2.75, 3.05) is 26.4 Å². The highest BCUT2D eigenvalue weighted by molar-refractivity contribution is 5.92. The zero-order valence-electron chi connectivity index (χ0n) is 26.1. The molecule has 0 bridgehead atoms. The van der Waals surface area contributed by atoms with E-state index < -0.39 is 23.9 Å². The van der Waals surface area contributed by atoms with Crippen molar-refractivity contribution in [1.29, 1.82) is 0 Å². The van der Waals surface area contributed by atoms with Crippen molar-refractivity contribution < 1.29 is 47.6 Å². The normalized spacial score (nSPS) is 10.3. The molecule has 0 aliphatic carbocycles. The van der Waals surface area contributed by atoms with Crippen LogP contribution in [0.25, 0.3) is 0 Å². The van der Waals surface area contributed by atoms with E-state index in [2.05, 4.69) is 13.2 Å². The lowest BCUT2D eigenvalue weighted by molar-refractivity contribution is -0.138. The van der Waals surface area contributed by atoms with E-state index in [1.807, 2.05) is 0 Å². The first kappa shape index (κ1) is 35.1. The predicted molar refractivity (Wildman–Crippen MR) is 170 cm³/mol. The summed E-state index contributed by atoms with van der Waals surface area (Å²) in [6, 6.07) is 16.4. The van der Waals surface area contributed by atoms with Gasteiger partial charge in [-0.05, 0) is 111 Å². The van der Waals surface area contributed by atoms with E-state index in [-0.39, 0.29) is 0 Å². The summed E-state index contributed by atoms with van der Waals surface area (Å²) < 4.78 is 32.4. The third-order valence-electron chi connectivity index (χ3n) is 6.46. The quantitative estimate of drug-likeness (QED) is 0.0664. The molecule has 0 atom stereocenters. The van der Waals surface area contributed by atoms with Gasteiger partial charge in [-0.1, -0.05) is 13.2 Å². The topological polar surface area (TPSA) is 124 Å². The molecule has 0 spiro atoms. The van der Waals surface area contributed by atoms with E-state index in [0.717, 1.165) is 12.2 Å². The number of esters is 4. The summed E-state index contributed by atoms with van der Waals surface area (Å²) >= 11 is 0. The molecule has 0 saturated carbocycles. The summed E-state index contributed by atoms with van der Waals surface area (Å²) in [5.74, 6) is -0.0899. The molecule has 0 unspecified atom stereocenters. The van der Waals surface area contributed by atoms with Crippen molar-refractivity contribution in [2.45, 2.75) is 39.5 Å². The highest BCUT2D eigenvalue weighted by Crippen LogP contribution is 2.30. The molecule has 3 aromatic rings. The van der Waals surface area contributed by atoms with Gasteiger partial charge < -0.3 is 28.4 Å². The lowest BCUT2D eigenvalue weighted by Gasteiger charge is -2.13. The van der Waals surface area contributed by atoms with Gasteiger partial charge in [0.15, 0.2) is 0 Å². The van der Waals surface area contributed by atoms with Crippen LogP contribution in [0.3, 0.4) is 0 Å². The SMILES string of the molecule is C=CC(=O)OCCCCOc1ccc(C(=O)Oc2cc(C)c(OC(=O)c3ccc(OCCCCOC(=O)C=C)cc3)c(C)c2)cc1. The lowest BCUT2D eigenvalue weighted by Crippen LogP contribution is -2.12. The van der Waals surface area contributed by atoms with Crippen molar-refractivity contribution in [2.24, 2.45) is 0 Å². The fourth-order valence-electron chi connectivity index (χ4n) is 4.07. The minimum absolute atomic E-state index is 0.299. The molecule has 10 nitrogen and oxygen atoms in total. The fraction of sp³-hybridized carbons (Fsp3) is 0.278. The Kier molecular flexibility index (Phi) is 14.1.